The Bertz CT molecular complexity index is 1080. The molecule has 1 aliphatic heterocycles. The summed E-state index contributed by atoms with van der Waals surface area (Å²) in [5.74, 6) is -1.08. The van der Waals surface area contributed by atoms with Crippen LogP contribution in [0.1, 0.15) is 10.4 Å². The number of hydrogen-bond donors (Lipinski definition) is 1. The van der Waals surface area contributed by atoms with Gasteiger partial charge in [0, 0.05) is 24.3 Å². The summed E-state index contributed by atoms with van der Waals surface area (Å²) in [5, 5.41) is 2.73. The Hall–Kier alpha value is -3.39. The lowest BCUT2D eigenvalue weighted by Crippen LogP contribution is -2.40. The number of ether oxygens (including phenoxy) is 1. The van der Waals surface area contributed by atoms with Gasteiger partial charge in [0.1, 0.15) is 6.54 Å². The molecule has 1 aliphatic rings. The summed E-state index contributed by atoms with van der Waals surface area (Å²) in [6.07, 6.45) is 0. The minimum atomic E-state index is -0.590. The van der Waals surface area contributed by atoms with Gasteiger partial charge in [0.05, 0.1) is 18.7 Å². The van der Waals surface area contributed by atoms with Crippen molar-refractivity contribution in [1.82, 2.24) is 9.47 Å². The molecular weight excluding hydrogens is 362 g/mol. The first kappa shape index (κ1) is 18.0. The summed E-state index contributed by atoms with van der Waals surface area (Å²) < 4.78 is 11.7. The molecule has 0 spiro atoms. The predicted octanol–water partition coefficient (Wildman–Crippen LogP) is 1.71. The van der Waals surface area contributed by atoms with E-state index >= 15 is 0 Å². The summed E-state index contributed by atoms with van der Waals surface area (Å²) in [4.78, 5) is 38.7. The zero-order chi connectivity index (χ0) is 19.5. The molecule has 3 aromatic rings. The van der Waals surface area contributed by atoms with Crippen molar-refractivity contribution in [2.75, 3.05) is 31.6 Å². The number of anilines is 1. The number of nitrogens with zero attached hydrogens (tertiary/aromatic N) is 2. The molecule has 0 bridgehead atoms. The number of nitrogens with one attached hydrogen (secondary N) is 1. The van der Waals surface area contributed by atoms with Gasteiger partial charge in [0.25, 0.3) is 5.91 Å². The van der Waals surface area contributed by atoms with Gasteiger partial charge in [-0.25, -0.2) is 4.79 Å². The van der Waals surface area contributed by atoms with E-state index in [2.05, 4.69) is 5.32 Å². The number of aromatic nitrogens is 1. The molecular formula is C20H19N3O5. The van der Waals surface area contributed by atoms with E-state index in [1.165, 1.54) is 4.57 Å². The molecule has 8 heteroatoms. The first-order valence-corrected chi connectivity index (χ1v) is 8.97. The van der Waals surface area contributed by atoms with Gasteiger partial charge < -0.3 is 19.4 Å². The number of carbonyl (C=O) groups excluding carboxylic acids is 2. The van der Waals surface area contributed by atoms with E-state index in [-0.39, 0.29) is 18.4 Å². The van der Waals surface area contributed by atoms with Gasteiger partial charge in [0.15, 0.2) is 5.58 Å². The van der Waals surface area contributed by atoms with Crippen LogP contribution in [0.25, 0.3) is 11.1 Å². The molecule has 0 atom stereocenters. The third-order valence-corrected chi connectivity index (χ3v) is 4.57. The third-order valence-electron chi connectivity index (χ3n) is 4.57. The lowest BCUT2D eigenvalue weighted by molar-refractivity contribution is -0.116. The topological polar surface area (TPSA) is 93.8 Å². The Morgan fingerprint density at radius 1 is 1.04 bits per heavy atom. The van der Waals surface area contributed by atoms with Gasteiger partial charge >= 0.3 is 5.76 Å². The van der Waals surface area contributed by atoms with E-state index < -0.39 is 5.76 Å². The molecule has 0 aliphatic carbocycles. The zero-order valence-corrected chi connectivity index (χ0v) is 15.1. The molecule has 1 N–H and O–H groups in total. The van der Waals surface area contributed by atoms with Crippen molar-refractivity contribution in [1.29, 1.82) is 0 Å². The molecule has 0 unspecified atom stereocenters. The Balaban J connectivity index is 1.48. The first-order valence-electron chi connectivity index (χ1n) is 8.97. The van der Waals surface area contributed by atoms with E-state index in [1.807, 2.05) is 0 Å². The van der Waals surface area contributed by atoms with E-state index in [0.29, 0.717) is 48.7 Å². The highest BCUT2D eigenvalue weighted by molar-refractivity contribution is 5.97. The molecule has 144 valence electrons. The van der Waals surface area contributed by atoms with Crippen molar-refractivity contribution in [3.8, 4) is 0 Å². The fourth-order valence-corrected chi connectivity index (χ4v) is 3.19. The van der Waals surface area contributed by atoms with E-state index in [1.54, 1.807) is 53.4 Å². The Labute approximate surface area is 160 Å². The standard InChI is InChI=1S/C20H19N3O5/c24-18(13-23-16-6-1-2-7-17(16)28-20(23)26)21-15-5-3-4-14(12-15)19(25)22-8-10-27-11-9-22/h1-7,12H,8-11,13H2,(H,21,24). The maximum atomic E-state index is 12.6. The molecule has 2 aromatic carbocycles. The van der Waals surface area contributed by atoms with Gasteiger partial charge in [-0.05, 0) is 30.3 Å². The molecule has 1 aromatic heterocycles. The molecule has 2 amide bonds. The van der Waals surface area contributed by atoms with Gasteiger partial charge in [-0.3, -0.25) is 14.2 Å². The second-order valence-corrected chi connectivity index (χ2v) is 6.46. The molecule has 4 rings (SSSR count). The van der Waals surface area contributed by atoms with Crippen LogP contribution in [0.2, 0.25) is 0 Å². The summed E-state index contributed by atoms with van der Waals surface area (Å²) >= 11 is 0. The van der Waals surface area contributed by atoms with Crippen LogP contribution < -0.4 is 11.1 Å². The van der Waals surface area contributed by atoms with Gasteiger partial charge in [0.2, 0.25) is 5.91 Å². The molecule has 1 saturated heterocycles. The number of oxazole rings is 1. The summed E-state index contributed by atoms with van der Waals surface area (Å²) in [6, 6.07) is 13.7. The fourth-order valence-electron chi connectivity index (χ4n) is 3.19. The molecule has 28 heavy (non-hydrogen) atoms. The average molecular weight is 381 g/mol. The quantitative estimate of drug-likeness (QED) is 0.743. The summed E-state index contributed by atoms with van der Waals surface area (Å²) in [5.41, 5.74) is 1.97. The van der Waals surface area contributed by atoms with Crippen molar-refractivity contribution in [2.45, 2.75) is 6.54 Å². The van der Waals surface area contributed by atoms with Crippen molar-refractivity contribution in [3.63, 3.8) is 0 Å². The first-order chi connectivity index (χ1) is 13.6. The maximum absolute atomic E-state index is 12.6. The van der Waals surface area contributed by atoms with Crippen molar-refractivity contribution in [3.05, 3.63) is 64.6 Å². The number of fused-ring (bicyclic) bond motifs is 1. The Kier molecular flexibility index (Phi) is 4.94. The molecule has 8 nitrogen and oxygen atoms in total. The lowest BCUT2D eigenvalue weighted by Gasteiger charge is -2.27. The molecule has 2 heterocycles. The van der Waals surface area contributed by atoms with Crippen LogP contribution in [0.4, 0.5) is 5.69 Å². The molecule has 1 fully saturated rings. The number of morpholine rings is 1. The van der Waals surface area contributed by atoms with Crippen molar-refractivity contribution in [2.24, 2.45) is 0 Å². The van der Waals surface area contributed by atoms with Crippen LogP contribution in [0.5, 0.6) is 0 Å². The van der Waals surface area contributed by atoms with Gasteiger partial charge in [-0.15, -0.1) is 0 Å². The summed E-state index contributed by atoms with van der Waals surface area (Å²) in [7, 11) is 0. The normalized spacial score (nSPS) is 14.2. The average Bonchev–Trinajstić information content (AvgIpc) is 3.03. The highest BCUT2D eigenvalue weighted by atomic mass is 16.5. The zero-order valence-electron chi connectivity index (χ0n) is 15.1. The predicted molar refractivity (Wildman–Crippen MR) is 102 cm³/mol. The molecule has 0 saturated carbocycles. The number of benzene rings is 2. The van der Waals surface area contributed by atoms with Crippen molar-refractivity contribution >= 4 is 28.6 Å². The minimum absolute atomic E-state index is 0.101. The fraction of sp³-hybridized carbons (Fsp3) is 0.250. The van der Waals surface area contributed by atoms with Crippen LogP contribution in [0.15, 0.2) is 57.7 Å². The summed E-state index contributed by atoms with van der Waals surface area (Å²) in [6.45, 7) is 1.96. The van der Waals surface area contributed by atoms with Gasteiger partial charge in [-0.2, -0.15) is 0 Å². The Morgan fingerprint density at radius 2 is 1.82 bits per heavy atom. The monoisotopic (exact) mass is 381 g/mol. The largest absolute Gasteiger partial charge is 0.420 e. The number of hydrogen-bond acceptors (Lipinski definition) is 5. The number of carbonyl (C=O) groups is 2. The van der Waals surface area contributed by atoms with Crippen LogP contribution in [0.3, 0.4) is 0 Å². The second kappa shape index (κ2) is 7.69. The smallest absolute Gasteiger partial charge is 0.408 e. The molecule has 0 radical (unpaired) electrons. The van der Waals surface area contributed by atoms with Crippen LogP contribution in [0, 0.1) is 0 Å². The highest BCUT2D eigenvalue weighted by Gasteiger charge is 2.19. The van der Waals surface area contributed by atoms with E-state index in [9.17, 15) is 14.4 Å². The number of para-hydroxylation sites is 2. The SMILES string of the molecule is O=C(Cn1c(=O)oc2ccccc21)Nc1cccc(C(=O)N2CCOCC2)c1. The second-order valence-electron chi connectivity index (χ2n) is 6.46. The minimum Gasteiger partial charge on any atom is -0.408 e. The lowest BCUT2D eigenvalue weighted by atomic mass is 10.1. The maximum Gasteiger partial charge on any atom is 0.420 e. The number of amides is 2. The third kappa shape index (κ3) is 3.67. The van der Waals surface area contributed by atoms with Crippen molar-refractivity contribution < 1.29 is 18.7 Å². The number of rotatable bonds is 4. The van der Waals surface area contributed by atoms with E-state index in [4.69, 9.17) is 9.15 Å². The van der Waals surface area contributed by atoms with E-state index in [0.717, 1.165) is 0 Å². The highest BCUT2D eigenvalue weighted by Crippen LogP contribution is 2.15. The van der Waals surface area contributed by atoms with Crippen LogP contribution in [-0.2, 0) is 16.1 Å². The van der Waals surface area contributed by atoms with Gasteiger partial charge in [-0.1, -0.05) is 18.2 Å². The van der Waals surface area contributed by atoms with Crippen LogP contribution >= 0.6 is 0 Å². The van der Waals surface area contributed by atoms with Crippen LogP contribution in [-0.4, -0.2) is 47.6 Å². The Morgan fingerprint density at radius 3 is 2.64 bits per heavy atom.